The lowest BCUT2D eigenvalue weighted by Gasteiger charge is -2.43. The number of hydrogen-bond acceptors (Lipinski definition) is 5. The van der Waals surface area contributed by atoms with E-state index in [1.807, 2.05) is 12.1 Å². The first-order valence-electron chi connectivity index (χ1n) is 12.1. The predicted octanol–water partition coefficient (Wildman–Crippen LogP) is 2.46. The van der Waals surface area contributed by atoms with E-state index in [4.69, 9.17) is 5.73 Å². The van der Waals surface area contributed by atoms with E-state index in [1.165, 1.54) is 0 Å². The molecule has 1 saturated carbocycles. The van der Waals surface area contributed by atoms with Crippen LogP contribution in [0.3, 0.4) is 0 Å². The minimum absolute atomic E-state index is 0.0598. The SMILES string of the molecule is CC1CC(C)(C)CC2(C1)NC(=O)N(CC(=O)Nc1ccc(N3CCC(C(N)=O)CC3)cc1)C2=O. The molecular weight excluding hydrogens is 434 g/mol. The van der Waals surface area contributed by atoms with Gasteiger partial charge in [-0.2, -0.15) is 0 Å². The lowest BCUT2D eigenvalue weighted by atomic mass is 9.64. The monoisotopic (exact) mass is 469 g/mol. The quantitative estimate of drug-likeness (QED) is 0.572. The molecule has 2 aliphatic heterocycles. The van der Waals surface area contributed by atoms with Gasteiger partial charge in [-0.25, -0.2) is 4.79 Å². The molecule has 0 bridgehead atoms. The Morgan fingerprint density at radius 1 is 1.12 bits per heavy atom. The van der Waals surface area contributed by atoms with Gasteiger partial charge in [0.15, 0.2) is 0 Å². The van der Waals surface area contributed by atoms with Crippen molar-refractivity contribution in [1.82, 2.24) is 10.2 Å². The summed E-state index contributed by atoms with van der Waals surface area (Å²) >= 11 is 0. The molecule has 5 amide bonds. The molecule has 2 saturated heterocycles. The van der Waals surface area contributed by atoms with E-state index >= 15 is 0 Å². The van der Waals surface area contributed by atoms with Crippen LogP contribution in [-0.4, -0.2) is 53.8 Å². The number of primary amides is 1. The van der Waals surface area contributed by atoms with Crippen molar-refractivity contribution in [2.75, 3.05) is 29.9 Å². The summed E-state index contributed by atoms with van der Waals surface area (Å²) in [7, 11) is 0. The highest BCUT2D eigenvalue weighted by Crippen LogP contribution is 2.46. The van der Waals surface area contributed by atoms with Gasteiger partial charge in [0.25, 0.3) is 5.91 Å². The van der Waals surface area contributed by atoms with Gasteiger partial charge in [-0.15, -0.1) is 0 Å². The van der Waals surface area contributed by atoms with Crippen molar-refractivity contribution < 1.29 is 19.2 Å². The first-order chi connectivity index (χ1) is 16.0. The number of urea groups is 1. The zero-order chi connectivity index (χ0) is 24.7. The summed E-state index contributed by atoms with van der Waals surface area (Å²) in [6.07, 6.45) is 3.63. The van der Waals surface area contributed by atoms with E-state index in [1.54, 1.807) is 12.1 Å². The average Bonchev–Trinajstić information content (AvgIpc) is 2.96. The molecule has 1 aromatic rings. The van der Waals surface area contributed by atoms with Crippen LogP contribution >= 0.6 is 0 Å². The Morgan fingerprint density at radius 3 is 2.35 bits per heavy atom. The third-order valence-corrected chi connectivity index (χ3v) is 7.34. The Labute approximate surface area is 200 Å². The van der Waals surface area contributed by atoms with Crippen molar-refractivity contribution in [3.63, 3.8) is 0 Å². The Balaban J connectivity index is 1.34. The van der Waals surface area contributed by atoms with Crippen LogP contribution in [0.1, 0.15) is 52.9 Å². The third-order valence-electron chi connectivity index (χ3n) is 7.34. The Morgan fingerprint density at radius 2 is 1.76 bits per heavy atom. The number of imide groups is 1. The molecule has 1 aromatic carbocycles. The second-order valence-electron chi connectivity index (χ2n) is 11.0. The Hall–Kier alpha value is -3.10. The number of hydrogen-bond donors (Lipinski definition) is 3. The van der Waals surface area contributed by atoms with Crippen LogP contribution in [0.4, 0.5) is 16.2 Å². The van der Waals surface area contributed by atoms with Crippen LogP contribution in [-0.2, 0) is 14.4 Å². The minimum Gasteiger partial charge on any atom is -0.371 e. The second-order valence-corrected chi connectivity index (χ2v) is 11.0. The number of carbonyl (C=O) groups excluding carboxylic acids is 4. The predicted molar refractivity (Wildman–Crippen MR) is 129 cm³/mol. The van der Waals surface area contributed by atoms with Crippen LogP contribution in [0.2, 0.25) is 0 Å². The molecule has 2 unspecified atom stereocenters. The molecule has 2 heterocycles. The molecule has 4 N–H and O–H groups in total. The number of amides is 5. The highest BCUT2D eigenvalue weighted by atomic mass is 16.2. The second kappa shape index (κ2) is 8.92. The smallest absolute Gasteiger partial charge is 0.325 e. The molecule has 4 rings (SSSR count). The molecule has 184 valence electrons. The van der Waals surface area contributed by atoms with Crippen molar-refractivity contribution in [1.29, 1.82) is 0 Å². The van der Waals surface area contributed by atoms with Crippen LogP contribution in [0.5, 0.6) is 0 Å². The summed E-state index contributed by atoms with van der Waals surface area (Å²) in [5, 5.41) is 5.69. The lowest BCUT2D eigenvalue weighted by Crippen LogP contribution is -2.54. The highest BCUT2D eigenvalue weighted by Gasteiger charge is 2.56. The summed E-state index contributed by atoms with van der Waals surface area (Å²) in [4.78, 5) is 53.1. The van der Waals surface area contributed by atoms with E-state index in [2.05, 4.69) is 36.3 Å². The number of nitrogens with one attached hydrogen (secondary N) is 2. The fourth-order valence-electron chi connectivity index (χ4n) is 6.17. The average molecular weight is 470 g/mol. The van der Waals surface area contributed by atoms with Gasteiger partial charge in [0.05, 0.1) is 0 Å². The van der Waals surface area contributed by atoms with E-state index in [-0.39, 0.29) is 29.7 Å². The summed E-state index contributed by atoms with van der Waals surface area (Å²) < 4.78 is 0. The number of benzene rings is 1. The van der Waals surface area contributed by atoms with Gasteiger partial charge in [0.1, 0.15) is 12.1 Å². The van der Waals surface area contributed by atoms with Gasteiger partial charge >= 0.3 is 6.03 Å². The van der Waals surface area contributed by atoms with Gasteiger partial charge in [-0.3, -0.25) is 19.3 Å². The Kier molecular flexibility index (Phi) is 6.31. The summed E-state index contributed by atoms with van der Waals surface area (Å²) in [6.45, 7) is 7.52. The molecule has 3 fully saturated rings. The maximum absolute atomic E-state index is 13.2. The van der Waals surface area contributed by atoms with Gasteiger partial charge in [-0.1, -0.05) is 20.8 Å². The molecule has 34 heavy (non-hydrogen) atoms. The lowest BCUT2D eigenvalue weighted by molar-refractivity contribution is -0.136. The van der Waals surface area contributed by atoms with Crippen molar-refractivity contribution >= 4 is 35.1 Å². The minimum atomic E-state index is -0.915. The molecule has 1 spiro atoms. The first kappa shape index (κ1) is 24.0. The van der Waals surface area contributed by atoms with E-state index < -0.39 is 17.5 Å². The van der Waals surface area contributed by atoms with Crippen molar-refractivity contribution in [3.05, 3.63) is 24.3 Å². The van der Waals surface area contributed by atoms with E-state index in [0.29, 0.717) is 24.4 Å². The molecule has 2 atom stereocenters. The normalized spacial score (nSPS) is 27.1. The summed E-state index contributed by atoms with van der Waals surface area (Å²) in [5.74, 6) is -0.722. The molecule has 1 aliphatic carbocycles. The third kappa shape index (κ3) is 4.88. The van der Waals surface area contributed by atoms with Crippen LogP contribution in [0.25, 0.3) is 0 Å². The maximum Gasteiger partial charge on any atom is 0.325 e. The first-order valence-corrected chi connectivity index (χ1v) is 12.1. The van der Waals surface area contributed by atoms with Gasteiger partial charge in [0, 0.05) is 30.4 Å². The Bertz CT molecular complexity index is 984. The van der Waals surface area contributed by atoms with Crippen LogP contribution in [0.15, 0.2) is 24.3 Å². The molecule has 9 heteroatoms. The number of anilines is 2. The number of nitrogens with zero attached hydrogens (tertiary/aromatic N) is 2. The number of piperidine rings is 1. The van der Waals surface area contributed by atoms with E-state index in [9.17, 15) is 19.2 Å². The van der Waals surface area contributed by atoms with Crippen molar-refractivity contribution in [2.45, 2.75) is 58.4 Å². The zero-order valence-corrected chi connectivity index (χ0v) is 20.2. The summed E-state index contributed by atoms with van der Waals surface area (Å²) in [5.41, 5.74) is 6.03. The molecule has 9 nitrogen and oxygen atoms in total. The van der Waals surface area contributed by atoms with Gasteiger partial charge < -0.3 is 21.3 Å². The van der Waals surface area contributed by atoms with Crippen LogP contribution in [0, 0.1) is 17.3 Å². The standard InChI is InChI=1S/C25H35N5O4/c1-16-12-24(2,3)15-25(13-16)22(33)30(23(34)28-25)14-20(31)27-18-4-6-19(7-5-18)29-10-8-17(9-11-29)21(26)32/h4-7,16-17H,8-15H2,1-3H3,(H2,26,32)(H,27,31)(H,28,34). The number of nitrogens with two attached hydrogens (primary N) is 1. The number of rotatable bonds is 5. The highest BCUT2D eigenvalue weighted by molar-refractivity contribution is 6.10. The van der Waals surface area contributed by atoms with Crippen LogP contribution < -0.4 is 21.3 Å². The van der Waals surface area contributed by atoms with Crippen molar-refractivity contribution in [3.8, 4) is 0 Å². The molecule has 3 aliphatic rings. The van der Waals surface area contributed by atoms with Gasteiger partial charge in [0.2, 0.25) is 11.8 Å². The zero-order valence-electron chi connectivity index (χ0n) is 20.2. The van der Waals surface area contributed by atoms with E-state index in [0.717, 1.165) is 42.9 Å². The number of carbonyl (C=O) groups is 4. The largest absolute Gasteiger partial charge is 0.371 e. The summed E-state index contributed by atoms with van der Waals surface area (Å²) in [6, 6.07) is 6.92. The molecular formula is C25H35N5O4. The topological polar surface area (TPSA) is 125 Å². The maximum atomic E-state index is 13.2. The fraction of sp³-hybridized carbons (Fsp3) is 0.600. The molecule has 0 radical (unpaired) electrons. The van der Waals surface area contributed by atoms with Gasteiger partial charge in [-0.05, 0) is 67.7 Å². The molecule has 0 aromatic heterocycles. The van der Waals surface area contributed by atoms with Crippen molar-refractivity contribution in [2.24, 2.45) is 23.0 Å². The fourth-order valence-corrected chi connectivity index (χ4v) is 6.17.